The maximum absolute atomic E-state index is 12.3. The third kappa shape index (κ3) is 5.71. The number of dihydropyridines is 1. The number of nitrogens with zero attached hydrogens (tertiary/aromatic N) is 2. The second-order valence-corrected chi connectivity index (χ2v) is 7.88. The van der Waals surface area contributed by atoms with E-state index in [-0.39, 0.29) is 12.8 Å². The van der Waals surface area contributed by atoms with Crippen LogP contribution in [0, 0.1) is 0 Å². The molecule has 0 aromatic carbocycles. The van der Waals surface area contributed by atoms with Gasteiger partial charge in [-0.2, -0.15) is 0 Å². The first-order valence-electron chi connectivity index (χ1n) is 9.29. The lowest BCUT2D eigenvalue weighted by molar-refractivity contribution is -0.140. The molecule has 164 valence electrons. The smallest absolute Gasteiger partial charge is 0.326 e. The lowest BCUT2D eigenvalue weighted by Gasteiger charge is -2.25. The average Bonchev–Trinajstić information content (AvgIpc) is 3.18. The lowest BCUT2D eigenvalue weighted by atomic mass is 10.0. The van der Waals surface area contributed by atoms with Crippen molar-refractivity contribution in [1.82, 2.24) is 10.2 Å². The minimum absolute atomic E-state index is 0.198. The standard InChI is InChI=1S/C19H22N6O5S/c20-11-7-15(21)23-12-5-6-25(8-10(11)12)9-22-16-3-2-14(31-16)18(28)24-13(19(29)30)1-4-17(26)27/h2-3,5-8,13,15,22H,1,4,9,20-21H2,(H,24,28)(H,26,27)(H,29,30)/t13-,15?/m0/s1. The Morgan fingerprint density at radius 3 is 2.77 bits per heavy atom. The van der Waals surface area contributed by atoms with Gasteiger partial charge in [0.05, 0.1) is 22.3 Å². The monoisotopic (exact) mass is 446 g/mol. The van der Waals surface area contributed by atoms with Gasteiger partial charge in [0.2, 0.25) is 0 Å². The van der Waals surface area contributed by atoms with Gasteiger partial charge in [-0.25, -0.2) is 4.79 Å². The molecule has 31 heavy (non-hydrogen) atoms. The first-order chi connectivity index (χ1) is 14.7. The zero-order valence-electron chi connectivity index (χ0n) is 16.3. The normalized spacial score (nSPS) is 18.3. The maximum Gasteiger partial charge on any atom is 0.326 e. The van der Waals surface area contributed by atoms with Crippen LogP contribution < -0.4 is 22.1 Å². The van der Waals surface area contributed by atoms with Gasteiger partial charge in [0.15, 0.2) is 0 Å². The maximum atomic E-state index is 12.3. The molecule has 2 atom stereocenters. The number of fused-ring (bicyclic) bond motifs is 1. The third-order valence-corrected chi connectivity index (χ3v) is 5.50. The molecule has 1 aromatic rings. The summed E-state index contributed by atoms with van der Waals surface area (Å²) in [7, 11) is 0. The molecule has 2 aliphatic rings. The summed E-state index contributed by atoms with van der Waals surface area (Å²) >= 11 is 1.15. The molecule has 0 saturated heterocycles. The number of amides is 1. The molecule has 2 aliphatic heterocycles. The van der Waals surface area contributed by atoms with Crippen molar-refractivity contribution < 1.29 is 24.6 Å². The Labute approximate surface area is 181 Å². The van der Waals surface area contributed by atoms with E-state index >= 15 is 0 Å². The fourth-order valence-electron chi connectivity index (χ4n) is 2.91. The quantitative estimate of drug-likeness (QED) is 0.314. The summed E-state index contributed by atoms with van der Waals surface area (Å²) in [5, 5.41) is 24.1. The highest BCUT2D eigenvalue weighted by Crippen LogP contribution is 2.24. The predicted molar refractivity (Wildman–Crippen MR) is 115 cm³/mol. The van der Waals surface area contributed by atoms with Crippen molar-refractivity contribution >= 4 is 39.9 Å². The van der Waals surface area contributed by atoms with Crippen LogP contribution in [-0.4, -0.2) is 57.5 Å². The Balaban J connectivity index is 1.57. The zero-order valence-corrected chi connectivity index (χ0v) is 17.1. The molecular formula is C19H22N6O5S. The highest BCUT2D eigenvalue weighted by atomic mass is 32.1. The highest BCUT2D eigenvalue weighted by molar-refractivity contribution is 7.17. The number of rotatable bonds is 9. The number of anilines is 1. The fraction of sp³-hybridized carbons (Fsp3) is 0.263. The number of carbonyl (C=O) groups is 3. The SMILES string of the molecule is NC1=CC(N)N=C2C=CN(CNc3ccc(C(=O)N[C@@H](CCC(=O)O)C(=O)O)s3)C=C12. The van der Waals surface area contributed by atoms with Gasteiger partial charge in [-0.3, -0.25) is 14.6 Å². The number of carboxylic acid groups (broad SMARTS) is 2. The van der Waals surface area contributed by atoms with Crippen LogP contribution in [0.25, 0.3) is 0 Å². The number of nitrogens with one attached hydrogen (secondary N) is 2. The molecular weight excluding hydrogens is 424 g/mol. The summed E-state index contributed by atoms with van der Waals surface area (Å²) in [5.41, 5.74) is 13.9. The van der Waals surface area contributed by atoms with E-state index in [0.717, 1.165) is 22.6 Å². The second-order valence-electron chi connectivity index (χ2n) is 6.80. The van der Waals surface area contributed by atoms with Crippen LogP contribution in [0.5, 0.6) is 0 Å². The molecule has 0 saturated carbocycles. The number of aliphatic imine (C=N–C) groups is 1. The van der Waals surface area contributed by atoms with Crippen LogP contribution in [0.1, 0.15) is 22.5 Å². The summed E-state index contributed by atoms with van der Waals surface area (Å²) < 4.78 is 0. The van der Waals surface area contributed by atoms with Gasteiger partial charge in [-0.1, -0.05) is 0 Å². The Kier molecular flexibility index (Phi) is 6.72. The number of nitrogens with two attached hydrogens (primary N) is 2. The zero-order chi connectivity index (χ0) is 22.5. The molecule has 0 bridgehead atoms. The predicted octanol–water partition coefficient (Wildman–Crippen LogP) is 0.460. The van der Waals surface area contributed by atoms with Gasteiger partial charge < -0.3 is 37.2 Å². The van der Waals surface area contributed by atoms with Crippen LogP contribution in [0.4, 0.5) is 5.00 Å². The molecule has 3 heterocycles. The van der Waals surface area contributed by atoms with Crippen molar-refractivity contribution in [3.63, 3.8) is 0 Å². The number of aliphatic carboxylic acids is 2. The molecule has 1 aromatic heterocycles. The molecule has 12 heteroatoms. The number of allylic oxidation sites excluding steroid dienone is 2. The van der Waals surface area contributed by atoms with Crippen LogP contribution in [0.2, 0.25) is 0 Å². The van der Waals surface area contributed by atoms with Gasteiger partial charge in [-0.05, 0) is 30.7 Å². The summed E-state index contributed by atoms with van der Waals surface area (Å²) in [6.07, 6.45) is 6.13. The number of thiophene rings is 1. The molecule has 0 aliphatic carbocycles. The molecule has 1 unspecified atom stereocenters. The molecule has 3 rings (SSSR count). The van der Waals surface area contributed by atoms with E-state index in [1.165, 1.54) is 0 Å². The Morgan fingerprint density at radius 1 is 1.29 bits per heavy atom. The van der Waals surface area contributed by atoms with E-state index < -0.39 is 30.1 Å². The molecule has 1 amide bonds. The van der Waals surface area contributed by atoms with Crippen molar-refractivity contribution in [2.45, 2.75) is 25.0 Å². The first kappa shape index (κ1) is 22.1. The van der Waals surface area contributed by atoms with Crippen LogP contribution >= 0.6 is 11.3 Å². The van der Waals surface area contributed by atoms with Crippen LogP contribution in [0.3, 0.4) is 0 Å². The second kappa shape index (κ2) is 9.45. The number of carboxylic acids is 2. The minimum atomic E-state index is -1.28. The van der Waals surface area contributed by atoms with Gasteiger partial charge in [0.25, 0.3) is 5.91 Å². The van der Waals surface area contributed by atoms with Crippen molar-refractivity contribution in [3.05, 3.63) is 52.8 Å². The number of hydrogen-bond acceptors (Lipinski definition) is 9. The lowest BCUT2D eigenvalue weighted by Crippen LogP contribution is -2.40. The van der Waals surface area contributed by atoms with E-state index in [1.54, 1.807) is 18.2 Å². The number of hydrogen-bond donors (Lipinski definition) is 6. The van der Waals surface area contributed by atoms with Crippen molar-refractivity contribution in [2.75, 3.05) is 12.0 Å². The first-order valence-corrected chi connectivity index (χ1v) is 10.1. The average molecular weight is 446 g/mol. The van der Waals surface area contributed by atoms with Gasteiger partial charge in [0.1, 0.15) is 12.2 Å². The Hall–Kier alpha value is -3.64. The van der Waals surface area contributed by atoms with Crippen LogP contribution in [-0.2, 0) is 9.59 Å². The van der Waals surface area contributed by atoms with Crippen molar-refractivity contribution in [1.29, 1.82) is 0 Å². The topological polar surface area (TPSA) is 183 Å². The summed E-state index contributed by atoms with van der Waals surface area (Å²) in [4.78, 5) is 40.7. The van der Waals surface area contributed by atoms with Crippen LogP contribution in [0.15, 0.2) is 52.9 Å². The summed E-state index contributed by atoms with van der Waals surface area (Å²) in [5.74, 6) is -2.99. The molecule has 0 spiro atoms. The molecule has 11 nitrogen and oxygen atoms in total. The van der Waals surface area contributed by atoms with Gasteiger partial charge in [0, 0.05) is 30.1 Å². The van der Waals surface area contributed by atoms with E-state index in [9.17, 15) is 14.4 Å². The Morgan fingerprint density at radius 2 is 2.06 bits per heavy atom. The largest absolute Gasteiger partial charge is 0.481 e. The minimum Gasteiger partial charge on any atom is -0.481 e. The molecule has 0 fully saturated rings. The highest BCUT2D eigenvalue weighted by Gasteiger charge is 2.23. The van der Waals surface area contributed by atoms with Gasteiger partial charge >= 0.3 is 11.9 Å². The van der Waals surface area contributed by atoms with Gasteiger partial charge in [-0.15, -0.1) is 11.3 Å². The van der Waals surface area contributed by atoms with E-state index in [2.05, 4.69) is 15.6 Å². The van der Waals surface area contributed by atoms with E-state index in [4.69, 9.17) is 21.7 Å². The summed E-state index contributed by atoms with van der Waals surface area (Å²) in [6, 6.07) is 2.00. The van der Waals surface area contributed by atoms with Crippen molar-refractivity contribution in [2.24, 2.45) is 16.5 Å². The molecule has 8 N–H and O–H groups in total. The summed E-state index contributed by atoms with van der Waals surface area (Å²) in [6.45, 7) is 0.393. The fourth-order valence-corrected chi connectivity index (χ4v) is 3.71. The Bertz CT molecular complexity index is 1010. The third-order valence-electron chi connectivity index (χ3n) is 4.46. The molecule has 0 radical (unpaired) electrons. The van der Waals surface area contributed by atoms with E-state index in [1.807, 2.05) is 23.4 Å². The number of carbonyl (C=O) groups excluding carboxylic acids is 1. The van der Waals surface area contributed by atoms with E-state index in [0.29, 0.717) is 22.2 Å². The van der Waals surface area contributed by atoms with Crippen molar-refractivity contribution in [3.8, 4) is 0 Å².